The smallest absolute Gasteiger partial charge is 0.349 e. The molecule has 9 heteroatoms. The maximum Gasteiger partial charge on any atom is 0.349 e. The number of anilines is 1. The van der Waals surface area contributed by atoms with Gasteiger partial charge in [0, 0.05) is 21.7 Å². The van der Waals surface area contributed by atoms with Crippen molar-refractivity contribution in [3.8, 4) is 11.3 Å². The van der Waals surface area contributed by atoms with Crippen LogP contribution in [0.2, 0.25) is 5.02 Å². The van der Waals surface area contributed by atoms with Gasteiger partial charge in [0.15, 0.2) is 0 Å². The summed E-state index contributed by atoms with van der Waals surface area (Å²) in [5.41, 5.74) is 0.773. The van der Waals surface area contributed by atoms with Gasteiger partial charge in [-0.1, -0.05) is 23.7 Å². The monoisotopic (exact) mass is 479 g/mol. The normalized spacial score (nSPS) is 10.8. The Morgan fingerprint density at radius 1 is 1.09 bits per heavy atom. The highest BCUT2D eigenvalue weighted by Gasteiger charge is 2.17. The topological polar surface area (TPSA) is 90.3 Å². The van der Waals surface area contributed by atoms with E-state index in [9.17, 15) is 18.8 Å². The van der Waals surface area contributed by atoms with E-state index in [-0.39, 0.29) is 24.4 Å². The summed E-state index contributed by atoms with van der Waals surface area (Å²) in [5.74, 6) is -1.47. The number of ether oxygens (including phenoxy) is 1. The zero-order valence-electron chi connectivity index (χ0n) is 18.0. The lowest BCUT2D eigenvalue weighted by Crippen LogP contribution is -2.30. The van der Waals surface area contributed by atoms with Crippen LogP contribution in [0.5, 0.6) is 0 Å². The molecule has 0 spiro atoms. The fourth-order valence-electron chi connectivity index (χ4n) is 3.51. The minimum absolute atomic E-state index is 0.145. The van der Waals surface area contributed by atoms with Crippen molar-refractivity contribution in [2.75, 3.05) is 11.9 Å². The molecule has 34 heavy (non-hydrogen) atoms. The molecule has 0 unspecified atom stereocenters. The summed E-state index contributed by atoms with van der Waals surface area (Å²) in [6, 6.07) is 16.9. The second-order valence-electron chi connectivity index (χ2n) is 7.32. The summed E-state index contributed by atoms with van der Waals surface area (Å²) in [4.78, 5) is 41.4. The van der Waals surface area contributed by atoms with Gasteiger partial charge < -0.3 is 10.1 Å². The fourth-order valence-corrected chi connectivity index (χ4v) is 3.68. The molecule has 1 N–H and O–H groups in total. The lowest BCUT2D eigenvalue weighted by Gasteiger charge is -2.14. The van der Waals surface area contributed by atoms with Crippen LogP contribution in [0.3, 0.4) is 0 Å². The summed E-state index contributed by atoms with van der Waals surface area (Å²) in [6.07, 6.45) is 0. The first kappa shape index (κ1) is 23.1. The van der Waals surface area contributed by atoms with E-state index in [1.165, 1.54) is 28.8 Å². The number of carbonyl (C=O) groups is 2. The first-order chi connectivity index (χ1) is 16.4. The molecule has 0 aliphatic carbocycles. The number of hydrogen-bond acceptors (Lipinski definition) is 5. The molecule has 4 rings (SSSR count). The second-order valence-corrected chi connectivity index (χ2v) is 7.75. The minimum atomic E-state index is -0.708. The van der Waals surface area contributed by atoms with E-state index in [1.54, 1.807) is 49.4 Å². The molecule has 0 aliphatic rings. The first-order valence-electron chi connectivity index (χ1n) is 10.4. The van der Waals surface area contributed by atoms with Gasteiger partial charge in [0.25, 0.3) is 0 Å². The Balaban J connectivity index is 1.65. The van der Waals surface area contributed by atoms with E-state index in [0.717, 1.165) is 0 Å². The second kappa shape index (κ2) is 9.84. The number of aromatic nitrogens is 2. The molecule has 172 valence electrons. The standard InChI is InChI=1S/C25H19ClFN3O4/c1-2-34-24(32)15-7-10-17(11-8-15)28-22(31)14-30-21-12-9-16(26)13-19(21)23(29-25(30)33)18-5-3-4-6-20(18)27/h3-13H,2,14H2,1H3,(H,28,31). The van der Waals surface area contributed by atoms with Gasteiger partial charge in [0.1, 0.15) is 12.4 Å². The summed E-state index contributed by atoms with van der Waals surface area (Å²) in [6.45, 7) is 1.64. The SMILES string of the molecule is CCOC(=O)c1ccc(NC(=O)Cn2c(=O)nc(-c3ccccc3F)c3cc(Cl)ccc32)cc1. The minimum Gasteiger partial charge on any atom is -0.462 e. The molecular formula is C25H19ClFN3O4. The highest BCUT2D eigenvalue weighted by Crippen LogP contribution is 2.29. The van der Waals surface area contributed by atoms with Gasteiger partial charge in [-0.15, -0.1) is 0 Å². The number of nitrogens with one attached hydrogen (secondary N) is 1. The lowest BCUT2D eigenvalue weighted by molar-refractivity contribution is -0.116. The maximum absolute atomic E-state index is 14.4. The van der Waals surface area contributed by atoms with Crippen LogP contribution in [0.4, 0.5) is 10.1 Å². The Hall–Kier alpha value is -4.04. The number of nitrogens with zero attached hydrogens (tertiary/aromatic N) is 2. The van der Waals surface area contributed by atoms with Gasteiger partial charge in [-0.3, -0.25) is 9.36 Å². The first-order valence-corrected chi connectivity index (χ1v) is 10.8. The zero-order chi connectivity index (χ0) is 24.2. The van der Waals surface area contributed by atoms with Crippen molar-refractivity contribution in [1.29, 1.82) is 0 Å². The Kier molecular flexibility index (Phi) is 6.70. The molecule has 1 amide bonds. The molecular weight excluding hydrogens is 461 g/mol. The quantitative estimate of drug-likeness (QED) is 0.406. The third-order valence-corrected chi connectivity index (χ3v) is 5.29. The van der Waals surface area contributed by atoms with Crippen molar-refractivity contribution in [3.63, 3.8) is 0 Å². The van der Waals surface area contributed by atoms with E-state index < -0.39 is 23.4 Å². The molecule has 1 heterocycles. The van der Waals surface area contributed by atoms with E-state index in [4.69, 9.17) is 16.3 Å². The van der Waals surface area contributed by atoms with Gasteiger partial charge in [-0.2, -0.15) is 4.98 Å². The van der Waals surface area contributed by atoms with E-state index in [0.29, 0.717) is 27.2 Å². The van der Waals surface area contributed by atoms with Crippen LogP contribution in [-0.2, 0) is 16.1 Å². The van der Waals surface area contributed by atoms with Crippen LogP contribution < -0.4 is 11.0 Å². The van der Waals surface area contributed by atoms with Gasteiger partial charge >= 0.3 is 11.7 Å². The van der Waals surface area contributed by atoms with Gasteiger partial charge in [-0.25, -0.2) is 14.0 Å². The molecule has 3 aromatic carbocycles. The number of hydrogen-bond donors (Lipinski definition) is 1. The predicted molar refractivity (Wildman–Crippen MR) is 127 cm³/mol. The maximum atomic E-state index is 14.4. The fraction of sp³-hybridized carbons (Fsp3) is 0.120. The molecule has 0 radical (unpaired) electrons. The van der Waals surface area contributed by atoms with Gasteiger partial charge in [-0.05, 0) is 61.5 Å². The number of benzene rings is 3. The van der Waals surface area contributed by atoms with Gasteiger partial charge in [0.05, 0.1) is 23.4 Å². The van der Waals surface area contributed by atoms with E-state index in [2.05, 4.69) is 10.3 Å². The van der Waals surface area contributed by atoms with Crippen LogP contribution >= 0.6 is 11.6 Å². The lowest BCUT2D eigenvalue weighted by atomic mass is 10.1. The number of esters is 1. The molecule has 4 aromatic rings. The third kappa shape index (κ3) is 4.82. The number of fused-ring (bicyclic) bond motifs is 1. The van der Waals surface area contributed by atoms with Crippen molar-refractivity contribution < 1.29 is 18.7 Å². The highest BCUT2D eigenvalue weighted by molar-refractivity contribution is 6.31. The average molecular weight is 480 g/mol. The molecule has 7 nitrogen and oxygen atoms in total. The molecule has 0 saturated carbocycles. The molecule has 0 atom stereocenters. The van der Waals surface area contributed by atoms with E-state index >= 15 is 0 Å². The van der Waals surface area contributed by atoms with Crippen LogP contribution in [-0.4, -0.2) is 28.0 Å². The van der Waals surface area contributed by atoms with Crippen molar-refractivity contribution >= 4 is 40.1 Å². The van der Waals surface area contributed by atoms with Crippen molar-refractivity contribution in [3.05, 3.63) is 93.6 Å². The molecule has 0 bridgehead atoms. The van der Waals surface area contributed by atoms with Crippen LogP contribution in [0.15, 0.2) is 71.5 Å². The summed E-state index contributed by atoms with van der Waals surface area (Å²) in [5, 5.41) is 3.49. The largest absolute Gasteiger partial charge is 0.462 e. The van der Waals surface area contributed by atoms with Crippen molar-refractivity contribution in [2.45, 2.75) is 13.5 Å². The number of halogens is 2. The summed E-state index contributed by atoms with van der Waals surface area (Å²) < 4.78 is 20.6. The number of amides is 1. The molecule has 0 saturated heterocycles. The predicted octanol–water partition coefficient (Wildman–Crippen LogP) is 4.67. The van der Waals surface area contributed by atoms with Crippen molar-refractivity contribution in [2.24, 2.45) is 0 Å². The summed E-state index contributed by atoms with van der Waals surface area (Å²) >= 11 is 6.16. The number of carbonyl (C=O) groups excluding carboxylic acids is 2. The third-order valence-electron chi connectivity index (χ3n) is 5.05. The average Bonchev–Trinajstić information content (AvgIpc) is 2.82. The van der Waals surface area contributed by atoms with Crippen LogP contribution in [0, 0.1) is 5.82 Å². The Morgan fingerprint density at radius 3 is 2.53 bits per heavy atom. The Bertz CT molecular complexity index is 1450. The van der Waals surface area contributed by atoms with Crippen LogP contribution in [0.1, 0.15) is 17.3 Å². The van der Waals surface area contributed by atoms with Crippen LogP contribution in [0.25, 0.3) is 22.2 Å². The molecule has 0 fully saturated rings. The Morgan fingerprint density at radius 2 is 1.82 bits per heavy atom. The summed E-state index contributed by atoms with van der Waals surface area (Å²) in [7, 11) is 0. The Labute approximate surface area is 198 Å². The van der Waals surface area contributed by atoms with Crippen molar-refractivity contribution in [1.82, 2.24) is 9.55 Å². The molecule has 1 aromatic heterocycles. The zero-order valence-corrected chi connectivity index (χ0v) is 18.8. The number of rotatable bonds is 6. The van der Waals surface area contributed by atoms with Gasteiger partial charge in [0.2, 0.25) is 5.91 Å². The van der Waals surface area contributed by atoms with E-state index in [1.807, 2.05) is 0 Å². The highest BCUT2D eigenvalue weighted by atomic mass is 35.5. The molecule has 0 aliphatic heterocycles.